The van der Waals surface area contributed by atoms with Gasteiger partial charge in [0.1, 0.15) is 5.82 Å². The fraction of sp³-hybridized carbons (Fsp3) is 0.538. The van der Waals surface area contributed by atoms with Crippen molar-refractivity contribution in [3.63, 3.8) is 0 Å². The molecule has 1 aromatic rings. The molecule has 0 aliphatic heterocycles. The lowest BCUT2D eigenvalue weighted by Gasteiger charge is -2.26. The van der Waals surface area contributed by atoms with Gasteiger partial charge in [-0.2, -0.15) is 0 Å². The summed E-state index contributed by atoms with van der Waals surface area (Å²) in [7, 11) is 0. The number of halogens is 1. The highest BCUT2D eigenvalue weighted by molar-refractivity contribution is 5.20. The maximum Gasteiger partial charge on any atom is 0.123 e. The Morgan fingerprint density at radius 1 is 1.27 bits per heavy atom. The van der Waals surface area contributed by atoms with E-state index in [1.807, 2.05) is 12.1 Å². The highest BCUT2D eigenvalue weighted by Gasteiger charge is 2.20. The van der Waals surface area contributed by atoms with Crippen LogP contribution in [-0.4, -0.2) is 6.54 Å². The van der Waals surface area contributed by atoms with Gasteiger partial charge in [0.2, 0.25) is 0 Å². The highest BCUT2D eigenvalue weighted by Crippen LogP contribution is 2.30. The Balaban J connectivity index is 2.69. The van der Waals surface area contributed by atoms with E-state index in [2.05, 4.69) is 20.8 Å². The minimum absolute atomic E-state index is 0.147. The topological polar surface area (TPSA) is 26.0 Å². The molecule has 1 aromatic carbocycles. The number of hydrogen-bond donors (Lipinski definition) is 1. The van der Waals surface area contributed by atoms with E-state index in [-0.39, 0.29) is 11.2 Å². The molecule has 1 atom stereocenters. The zero-order valence-corrected chi connectivity index (χ0v) is 9.76. The van der Waals surface area contributed by atoms with Gasteiger partial charge < -0.3 is 5.73 Å². The van der Waals surface area contributed by atoms with Crippen LogP contribution in [0.4, 0.5) is 4.39 Å². The van der Waals surface area contributed by atoms with Gasteiger partial charge in [-0.25, -0.2) is 4.39 Å². The SMILES string of the molecule is CC(CC(C)(C)CN)c1ccc(F)cc1. The molecular formula is C13H20FN. The summed E-state index contributed by atoms with van der Waals surface area (Å²) in [5.74, 6) is 0.244. The van der Waals surface area contributed by atoms with E-state index in [0.29, 0.717) is 12.5 Å². The molecule has 1 nitrogen and oxygen atoms in total. The van der Waals surface area contributed by atoms with E-state index in [1.54, 1.807) is 0 Å². The number of rotatable bonds is 4. The molecule has 0 saturated heterocycles. The Morgan fingerprint density at radius 3 is 2.27 bits per heavy atom. The summed E-state index contributed by atoms with van der Waals surface area (Å²) >= 11 is 0. The minimum Gasteiger partial charge on any atom is -0.330 e. The molecular weight excluding hydrogens is 189 g/mol. The molecule has 0 aromatic heterocycles. The molecule has 0 aliphatic rings. The van der Waals surface area contributed by atoms with Crippen molar-refractivity contribution in [1.29, 1.82) is 0 Å². The molecule has 0 fully saturated rings. The maximum atomic E-state index is 12.7. The van der Waals surface area contributed by atoms with E-state index in [0.717, 1.165) is 6.42 Å². The van der Waals surface area contributed by atoms with Crippen LogP contribution in [0.1, 0.15) is 38.7 Å². The molecule has 0 spiro atoms. The molecule has 0 heterocycles. The summed E-state index contributed by atoms with van der Waals surface area (Å²) in [4.78, 5) is 0. The van der Waals surface area contributed by atoms with Crippen molar-refractivity contribution in [2.24, 2.45) is 11.1 Å². The molecule has 0 bridgehead atoms. The van der Waals surface area contributed by atoms with Crippen LogP contribution in [0.5, 0.6) is 0 Å². The first kappa shape index (κ1) is 12.2. The van der Waals surface area contributed by atoms with Crippen molar-refractivity contribution in [3.8, 4) is 0 Å². The predicted molar refractivity (Wildman–Crippen MR) is 62.3 cm³/mol. The molecule has 2 heteroatoms. The van der Waals surface area contributed by atoms with Gasteiger partial charge in [0, 0.05) is 0 Å². The summed E-state index contributed by atoms with van der Waals surface area (Å²) in [5, 5.41) is 0. The van der Waals surface area contributed by atoms with Crippen molar-refractivity contribution >= 4 is 0 Å². The average Bonchev–Trinajstić information content (AvgIpc) is 2.18. The second-order valence-electron chi connectivity index (χ2n) is 5.03. The normalized spacial score (nSPS) is 13.9. The number of hydrogen-bond acceptors (Lipinski definition) is 1. The lowest BCUT2D eigenvalue weighted by molar-refractivity contribution is 0.322. The second kappa shape index (κ2) is 4.75. The molecule has 0 amide bonds. The van der Waals surface area contributed by atoms with E-state index in [9.17, 15) is 4.39 Å². The van der Waals surface area contributed by atoms with Gasteiger partial charge in [0.15, 0.2) is 0 Å². The van der Waals surface area contributed by atoms with E-state index < -0.39 is 0 Å². The van der Waals surface area contributed by atoms with E-state index >= 15 is 0 Å². The van der Waals surface area contributed by atoms with Crippen molar-refractivity contribution in [3.05, 3.63) is 35.6 Å². The van der Waals surface area contributed by atoms with Crippen LogP contribution in [-0.2, 0) is 0 Å². The Labute approximate surface area is 91.5 Å². The van der Waals surface area contributed by atoms with Gasteiger partial charge in [0.05, 0.1) is 0 Å². The zero-order valence-electron chi connectivity index (χ0n) is 9.76. The molecule has 0 saturated carbocycles. The van der Waals surface area contributed by atoms with Crippen LogP contribution in [0.3, 0.4) is 0 Å². The molecule has 15 heavy (non-hydrogen) atoms. The summed E-state index contributed by atoms with van der Waals surface area (Å²) in [6, 6.07) is 6.74. The van der Waals surface area contributed by atoms with Gasteiger partial charge in [-0.1, -0.05) is 32.9 Å². The van der Waals surface area contributed by atoms with Gasteiger partial charge in [-0.15, -0.1) is 0 Å². The van der Waals surface area contributed by atoms with Crippen molar-refractivity contribution in [2.45, 2.75) is 33.1 Å². The third-order valence-electron chi connectivity index (χ3n) is 2.85. The standard InChI is InChI=1S/C13H20FN/c1-10(8-13(2,3)9-15)11-4-6-12(14)7-5-11/h4-7,10H,8-9,15H2,1-3H3. The Bertz CT molecular complexity index is 303. The van der Waals surface area contributed by atoms with Crippen molar-refractivity contribution in [1.82, 2.24) is 0 Å². The first-order valence-electron chi connectivity index (χ1n) is 5.40. The molecule has 84 valence electrons. The Hall–Kier alpha value is -0.890. The van der Waals surface area contributed by atoms with Crippen LogP contribution < -0.4 is 5.73 Å². The highest BCUT2D eigenvalue weighted by atomic mass is 19.1. The summed E-state index contributed by atoms with van der Waals surface area (Å²) < 4.78 is 12.7. The average molecular weight is 209 g/mol. The second-order valence-corrected chi connectivity index (χ2v) is 5.03. The monoisotopic (exact) mass is 209 g/mol. The summed E-state index contributed by atoms with van der Waals surface area (Å²) in [6.45, 7) is 7.16. The quantitative estimate of drug-likeness (QED) is 0.809. The van der Waals surface area contributed by atoms with Crippen LogP contribution in [0, 0.1) is 11.2 Å². The van der Waals surface area contributed by atoms with E-state index in [4.69, 9.17) is 5.73 Å². The first-order valence-corrected chi connectivity index (χ1v) is 5.40. The van der Waals surface area contributed by atoms with Gasteiger partial charge in [-0.05, 0) is 42.0 Å². The lowest BCUT2D eigenvalue weighted by atomic mass is 9.81. The van der Waals surface area contributed by atoms with Crippen LogP contribution in [0.2, 0.25) is 0 Å². The van der Waals surface area contributed by atoms with Crippen LogP contribution in [0.25, 0.3) is 0 Å². The fourth-order valence-corrected chi connectivity index (χ4v) is 1.82. The zero-order chi connectivity index (χ0) is 11.5. The van der Waals surface area contributed by atoms with Crippen molar-refractivity contribution in [2.75, 3.05) is 6.54 Å². The largest absolute Gasteiger partial charge is 0.330 e. The lowest BCUT2D eigenvalue weighted by Crippen LogP contribution is -2.25. The molecule has 2 N–H and O–H groups in total. The summed E-state index contributed by atoms with van der Waals surface area (Å²) in [5.41, 5.74) is 7.02. The fourth-order valence-electron chi connectivity index (χ4n) is 1.82. The third kappa shape index (κ3) is 3.63. The summed E-state index contributed by atoms with van der Waals surface area (Å²) in [6.07, 6.45) is 1.02. The Kier molecular flexibility index (Phi) is 3.86. The maximum absolute atomic E-state index is 12.7. The minimum atomic E-state index is -0.177. The van der Waals surface area contributed by atoms with Crippen LogP contribution >= 0.6 is 0 Å². The molecule has 0 aliphatic carbocycles. The van der Waals surface area contributed by atoms with Gasteiger partial charge in [0.25, 0.3) is 0 Å². The number of nitrogens with two attached hydrogens (primary N) is 1. The molecule has 1 rings (SSSR count). The van der Waals surface area contributed by atoms with Crippen molar-refractivity contribution < 1.29 is 4.39 Å². The third-order valence-corrected chi connectivity index (χ3v) is 2.85. The molecule has 1 unspecified atom stereocenters. The van der Waals surface area contributed by atoms with Gasteiger partial charge in [-0.3, -0.25) is 0 Å². The van der Waals surface area contributed by atoms with Crippen LogP contribution in [0.15, 0.2) is 24.3 Å². The Morgan fingerprint density at radius 2 is 1.80 bits per heavy atom. The first-order chi connectivity index (χ1) is 6.94. The van der Waals surface area contributed by atoms with Gasteiger partial charge >= 0.3 is 0 Å². The van der Waals surface area contributed by atoms with E-state index in [1.165, 1.54) is 17.7 Å². The smallest absolute Gasteiger partial charge is 0.123 e. The molecule has 0 radical (unpaired) electrons. The predicted octanol–water partition coefficient (Wildman–Crippen LogP) is 3.30. The number of benzene rings is 1.